The van der Waals surface area contributed by atoms with Gasteiger partial charge < -0.3 is 10.7 Å². The zero-order chi connectivity index (χ0) is 15.4. The average Bonchev–Trinajstić information content (AvgIpc) is 2.89. The number of nitrogens with one attached hydrogen (secondary N) is 2. The van der Waals surface area contributed by atoms with Crippen LogP contribution in [-0.4, -0.2) is 15.8 Å². The van der Waals surface area contributed by atoms with E-state index in [0.717, 1.165) is 10.6 Å². The SMILES string of the molecule is Cc1ncsc1CNC(=O)c1ccc([N+](=O)[O-])c(NN)c1. The second-order valence-electron chi connectivity index (χ2n) is 4.18. The van der Waals surface area contributed by atoms with Crippen molar-refractivity contribution in [1.82, 2.24) is 10.3 Å². The summed E-state index contributed by atoms with van der Waals surface area (Å²) in [5.74, 6) is 4.90. The normalized spacial score (nSPS) is 10.2. The van der Waals surface area contributed by atoms with Crippen molar-refractivity contribution in [2.75, 3.05) is 5.43 Å². The Hall–Kier alpha value is -2.52. The number of rotatable bonds is 5. The summed E-state index contributed by atoms with van der Waals surface area (Å²) < 4.78 is 0. The monoisotopic (exact) mass is 307 g/mol. The molecule has 0 aliphatic rings. The number of hydrazine groups is 1. The van der Waals surface area contributed by atoms with Crippen molar-refractivity contribution in [2.24, 2.45) is 5.84 Å². The van der Waals surface area contributed by atoms with E-state index in [1.807, 2.05) is 6.92 Å². The van der Waals surface area contributed by atoms with E-state index in [9.17, 15) is 14.9 Å². The third kappa shape index (κ3) is 3.33. The third-order valence-electron chi connectivity index (χ3n) is 2.87. The smallest absolute Gasteiger partial charge is 0.293 e. The first-order valence-electron chi connectivity index (χ1n) is 5.95. The summed E-state index contributed by atoms with van der Waals surface area (Å²) in [6, 6.07) is 3.96. The van der Waals surface area contributed by atoms with Crippen LogP contribution in [0.15, 0.2) is 23.7 Å². The molecule has 0 radical (unpaired) electrons. The number of carbonyl (C=O) groups is 1. The van der Waals surface area contributed by atoms with E-state index in [1.165, 1.54) is 29.5 Å². The largest absolute Gasteiger partial charge is 0.347 e. The Morgan fingerprint density at radius 1 is 1.52 bits per heavy atom. The highest BCUT2D eigenvalue weighted by Gasteiger charge is 2.16. The molecule has 4 N–H and O–H groups in total. The minimum Gasteiger partial charge on any atom is -0.347 e. The summed E-state index contributed by atoms with van der Waals surface area (Å²) in [4.78, 5) is 27.3. The average molecular weight is 307 g/mol. The van der Waals surface area contributed by atoms with Crippen LogP contribution >= 0.6 is 11.3 Å². The first-order valence-corrected chi connectivity index (χ1v) is 6.83. The number of thiazole rings is 1. The lowest BCUT2D eigenvalue weighted by molar-refractivity contribution is -0.384. The molecule has 21 heavy (non-hydrogen) atoms. The molecule has 110 valence electrons. The van der Waals surface area contributed by atoms with Gasteiger partial charge in [0.05, 0.1) is 22.7 Å². The fraction of sp³-hybridized carbons (Fsp3) is 0.167. The molecule has 0 unspecified atom stereocenters. The van der Waals surface area contributed by atoms with Crippen molar-refractivity contribution < 1.29 is 9.72 Å². The Labute approximate surface area is 124 Å². The Balaban J connectivity index is 2.12. The summed E-state index contributed by atoms with van der Waals surface area (Å²) in [5, 5.41) is 13.5. The van der Waals surface area contributed by atoms with Crippen LogP contribution < -0.4 is 16.6 Å². The Kier molecular flexibility index (Phi) is 4.45. The molecule has 8 nitrogen and oxygen atoms in total. The molecule has 1 amide bonds. The number of hydrogen-bond donors (Lipinski definition) is 3. The minimum atomic E-state index is -0.572. The molecule has 2 rings (SSSR count). The quantitative estimate of drug-likeness (QED) is 0.438. The van der Waals surface area contributed by atoms with Crippen LogP contribution in [0.2, 0.25) is 0 Å². The third-order valence-corrected chi connectivity index (χ3v) is 3.80. The highest BCUT2D eigenvalue weighted by atomic mass is 32.1. The molecule has 1 aromatic carbocycles. The van der Waals surface area contributed by atoms with Crippen LogP contribution in [0.5, 0.6) is 0 Å². The second kappa shape index (κ2) is 6.29. The number of nitrogens with two attached hydrogens (primary N) is 1. The van der Waals surface area contributed by atoms with Crippen LogP contribution in [-0.2, 0) is 6.54 Å². The predicted octanol–water partition coefficient (Wildman–Crippen LogP) is 1.58. The topological polar surface area (TPSA) is 123 Å². The fourth-order valence-corrected chi connectivity index (χ4v) is 2.43. The summed E-state index contributed by atoms with van der Waals surface area (Å²) >= 11 is 1.45. The number of carbonyl (C=O) groups excluding carboxylic acids is 1. The van der Waals surface area contributed by atoms with Crippen molar-refractivity contribution >= 4 is 28.6 Å². The molecular formula is C12H13N5O3S. The number of aromatic nitrogens is 1. The highest BCUT2D eigenvalue weighted by Crippen LogP contribution is 2.24. The van der Waals surface area contributed by atoms with E-state index in [2.05, 4.69) is 15.7 Å². The van der Waals surface area contributed by atoms with Gasteiger partial charge in [0.1, 0.15) is 5.69 Å². The molecular weight excluding hydrogens is 294 g/mol. The van der Waals surface area contributed by atoms with E-state index in [-0.39, 0.29) is 22.8 Å². The molecule has 0 fully saturated rings. The van der Waals surface area contributed by atoms with Crippen molar-refractivity contribution in [3.63, 3.8) is 0 Å². The van der Waals surface area contributed by atoms with Crippen molar-refractivity contribution in [2.45, 2.75) is 13.5 Å². The molecule has 1 aromatic heterocycles. The molecule has 0 saturated heterocycles. The van der Waals surface area contributed by atoms with Gasteiger partial charge >= 0.3 is 0 Å². The van der Waals surface area contributed by atoms with Gasteiger partial charge in [0, 0.05) is 16.5 Å². The van der Waals surface area contributed by atoms with Gasteiger partial charge in [-0.1, -0.05) is 0 Å². The molecule has 0 saturated carbocycles. The standard InChI is InChI=1S/C12H13N5O3S/c1-7-11(21-6-15-7)5-14-12(18)8-2-3-10(17(19)20)9(4-8)16-13/h2-4,6,16H,5,13H2,1H3,(H,14,18). The van der Waals surface area contributed by atoms with Gasteiger partial charge in [0.25, 0.3) is 11.6 Å². The van der Waals surface area contributed by atoms with Gasteiger partial charge in [-0.2, -0.15) is 0 Å². The van der Waals surface area contributed by atoms with Gasteiger partial charge in [-0.05, 0) is 19.1 Å². The van der Waals surface area contributed by atoms with Crippen LogP contribution in [0.25, 0.3) is 0 Å². The summed E-state index contributed by atoms with van der Waals surface area (Å²) in [7, 11) is 0. The predicted molar refractivity (Wildman–Crippen MR) is 78.9 cm³/mol. The first-order chi connectivity index (χ1) is 10.0. The maximum absolute atomic E-state index is 12.0. The van der Waals surface area contributed by atoms with Gasteiger partial charge in [0.15, 0.2) is 0 Å². The second-order valence-corrected chi connectivity index (χ2v) is 5.12. The van der Waals surface area contributed by atoms with Gasteiger partial charge in [-0.15, -0.1) is 11.3 Å². The number of nitrogens with zero attached hydrogens (tertiary/aromatic N) is 2. The number of benzene rings is 1. The molecule has 0 aliphatic heterocycles. The van der Waals surface area contributed by atoms with Crippen molar-refractivity contribution in [3.05, 3.63) is 50.0 Å². The van der Waals surface area contributed by atoms with Gasteiger partial charge in [-0.25, -0.2) is 4.98 Å². The highest BCUT2D eigenvalue weighted by molar-refractivity contribution is 7.09. The first kappa shape index (κ1) is 14.9. The number of aryl methyl sites for hydroxylation is 1. The lowest BCUT2D eigenvalue weighted by Crippen LogP contribution is -2.23. The molecule has 0 atom stereocenters. The fourth-order valence-electron chi connectivity index (χ4n) is 1.71. The lowest BCUT2D eigenvalue weighted by Gasteiger charge is -2.07. The number of anilines is 1. The Bertz CT molecular complexity index is 685. The maximum Gasteiger partial charge on any atom is 0.293 e. The lowest BCUT2D eigenvalue weighted by atomic mass is 10.1. The number of amides is 1. The van der Waals surface area contributed by atoms with Crippen LogP contribution in [0.3, 0.4) is 0 Å². The van der Waals surface area contributed by atoms with E-state index in [1.54, 1.807) is 5.51 Å². The Morgan fingerprint density at radius 2 is 2.29 bits per heavy atom. The van der Waals surface area contributed by atoms with E-state index in [4.69, 9.17) is 5.84 Å². The number of nitro benzene ring substituents is 1. The number of hydrogen-bond acceptors (Lipinski definition) is 7. The van der Waals surface area contributed by atoms with Crippen LogP contribution in [0.1, 0.15) is 20.9 Å². The van der Waals surface area contributed by atoms with Gasteiger partial charge in [-0.3, -0.25) is 20.8 Å². The Morgan fingerprint density at radius 3 is 2.86 bits per heavy atom. The minimum absolute atomic E-state index is 0.0848. The molecule has 0 aliphatic carbocycles. The molecule has 1 heterocycles. The zero-order valence-corrected chi connectivity index (χ0v) is 11.9. The molecule has 0 spiro atoms. The van der Waals surface area contributed by atoms with Crippen LogP contribution in [0, 0.1) is 17.0 Å². The number of nitrogen functional groups attached to an aromatic ring is 1. The summed E-state index contributed by atoms with van der Waals surface area (Å²) in [5.41, 5.74) is 4.98. The summed E-state index contributed by atoms with van der Waals surface area (Å²) in [6.45, 7) is 2.22. The van der Waals surface area contributed by atoms with E-state index >= 15 is 0 Å². The summed E-state index contributed by atoms with van der Waals surface area (Å²) in [6.07, 6.45) is 0. The maximum atomic E-state index is 12.0. The molecule has 0 bridgehead atoms. The number of nitro groups is 1. The van der Waals surface area contributed by atoms with Crippen LogP contribution in [0.4, 0.5) is 11.4 Å². The van der Waals surface area contributed by atoms with Crippen molar-refractivity contribution in [3.8, 4) is 0 Å². The van der Waals surface area contributed by atoms with E-state index < -0.39 is 4.92 Å². The van der Waals surface area contributed by atoms with Crippen molar-refractivity contribution in [1.29, 1.82) is 0 Å². The molecule has 2 aromatic rings. The van der Waals surface area contributed by atoms with E-state index in [0.29, 0.717) is 6.54 Å². The zero-order valence-electron chi connectivity index (χ0n) is 11.1. The molecule has 9 heteroatoms. The van der Waals surface area contributed by atoms with Gasteiger partial charge in [0.2, 0.25) is 0 Å².